The number of hydrogen-bond acceptors (Lipinski definition) is 3. The molecule has 4 bridgehead atoms. The predicted molar refractivity (Wildman–Crippen MR) is 110 cm³/mol. The lowest BCUT2D eigenvalue weighted by molar-refractivity contribution is -0.0583. The van der Waals surface area contributed by atoms with Crippen LogP contribution in [0.5, 0.6) is 5.75 Å². The molecule has 0 heterocycles. The van der Waals surface area contributed by atoms with Crippen molar-refractivity contribution in [2.24, 2.45) is 23.2 Å². The van der Waals surface area contributed by atoms with E-state index in [4.69, 9.17) is 4.74 Å². The molecule has 4 saturated carbocycles. The highest BCUT2D eigenvalue weighted by Crippen LogP contribution is 2.60. The molecular weight excluding hydrogens is 370 g/mol. The first-order chi connectivity index (χ1) is 13.4. The van der Waals surface area contributed by atoms with Gasteiger partial charge in [0.15, 0.2) is 0 Å². The van der Waals surface area contributed by atoms with E-state index in [1.807, 2.05) is 13.1 Å². The van der Waals surface area contributed by atoms with Gasteiger partial charge in [-0.2, -0.15) is 0 Å². The first-order valence-corrected chi connectivity index (χ1v) is 12.5. The molecule has 1 aromatic carbocycles. The van der Waals surface area contributed by atoms with E-state index in [1.54, 1.807) is 17.5 Å². The lowest BCUT2D eigenvalue weighted by atomic mass is 9.49. The Morgan fingerprint density at radius 1 is 1.00 bits per heavy atom. The zero-order chi connectivity index (χ0) is 19.5. The summed E-state index contributed by atoms with van der Waals surface area (Å²) in [7, 11) is 0.0197. The number of sulfonamides is 1. The molecule has 0 spiro atoms. The minimum absolute atomic E-state index is 0.225. The first-order valence-electron chi connectivity index (χ1n) is 11.1. The van der Waals surface area contributed by atoms with Crippen molar-refractivity contribution in [3.63, 3.8) is 0 Å². The number of hydrogen-bond donors (Lipinski definition) is 0. The average molecular weight is 404 g/mol. The van der Waals surface area contributed by atoms with Gasteiger partial charge in [-0.3, -0.25) is 0 Å². The number of fused-ring (bicyclic) bond motifs is 1. The third kappa shape index (κ3) is 3.00. The van der Waals surface area contributed by atoms with Crippen LogP contribution in [0.25, 0.3) is 0 Å². The van der Waals surface area contributed by atoms with E-state index in [0.29, 0.717) is 11.4 Å². The maximum absolute atomic E-state index is 13.6. The van der Waals surface area contributed by atoms with Crippen molar-refractivity contribution < 1.29 is 13.2 Å². The molecule has 0 amide bonds. The zero-order valence-corrected chi connectivity index (χ0v) is 18.1. The molecule has 0 atom stereocenters. The lowest BCUT2D eigenvalue weighted by Crippen LogP contribution is -2.51. The summed E-state index contributed by atoms with van der Waals surface area (Å²) in [6, 6.07) is 3.64. The second kappa shape index (κ2) is 6.73. The molecule has 4 nitrogen and oxygen atoms in total. The van der Waals surface area contributed by atoms with Gasteiger partial charge in [0.05, 0.1) is 12.0 Å². The minimum Gasteiger partial charge on any atom is -0.496 e. The Balaban J connectivity index is 1.45. The van der Waals surface area contributed by atoms with E-state index in [2.05, 4.69) is 0 Å². The van der Waals surface area contributed by atoms with Crippen LogP contribution in [0.3, 0.4) is 0 Å². The minimum atomic E-state index is -3.47. The zero-order valence-electron chi connectivity index (χ0n) is 17.2. The quantitative estimate of drug-likeness (QED) is 0.731. The molecule has 5 aliphatic carbocycles. The molecule has 6 rings (SSSR count). The van der Waals surface area contributed by atoms with Gasteiger partial charge in [-0.1, -0.05) is 0 Å². The summed E-state index contributed by atoms with van der Waals surface area (Å²) < 4.78 is 34.4. The van der Waals surface area contributed by atoms with E-state index in [-0.39, 0.29) is 5.41 Å². The SMILES string of the molecule is COc1ccc(S(=O)(=O)N(C)CC23CC4CC(CC(C4)C2)C3)c2c1CCCC2. The number of nitrogens with zero attached hydrogens (tertiary/aromatic N) is 1. The number of ether oxygens (including phenoxy) is 1. The second-order valence-corrected chi connectivity index (χ2v) is 12.1. The Kier molecular flexibility index (Phi) is 4.55. The Bertz CT molecular complexity index is 841. The molecule has 0 N–H and O–H groups in total. The molecular formula is C23H33NO3S. The second-order valence-electron chi connectivity index (χ2n) is 10.1. The van der Waals surface area contributed by atoms with Crippen molar-refractivity contribution in [1.29, 1.82) is 0 Å². The third-order valence-electron chi connectivity index (χ3n) is 8.08. The molecule has 0 saturated heterocycles. The van der Waals surface area contributed by atoms with Crippen LogP contribution in [-0.4, -0.2) is 33.4 Å². The van der Waals surface area contributed by atoms with E-state index in [1.165, 1.54) is 38.5 Å². The van der Waals surface area contributed by atoms with E-state index in [0.717, 1.165) is 60.3 Å². The van der Waals surface area contributed by atoms with E-state index < -0.39 is 10.0 Å². The van der Waals surface area contributed by atoms with Crippen molar-refractivity contribution in [3.8, 4) is 5.75 Å². The monoisotopic (exact) mass is 403 g/mol. The summed E-state index contributed by atoms with van der Waals surface area (Å²) in [5.41, 5.74) is 2.34. The number of methoxy groups -OCH3 is 1. The third-order valence-corrected chi connectivity index (χ3v) is 9.97. The summed E-state index contributed by atoms with van der Waals surface area (Å²) in [6.45, 7) is 0.694. The standard InChI is InChI=1S/C23H33NO3S/c1-24(15-23-12-16-9-17(13-23)11-18(10-16)14-23)28(25,26)22-8-7-21(27-2)19-5-3-4-6-20(19)22/h7-8,16-18H,3-6,9-15H2,1-2H3. The lowest BCUT2D eigenvalue weighted by Gasteiger charge is -2.57. The van der Waals surface area contributed by atoms with Crippen molar-refractivity contribution in [2.45, 2.75) is 69.1 Å². The molecule has 28 heavy (non-hydrogen) atoms. The van der Waals surface area contributed by atoms with Crippen LogP contribution in [0, 0.1) is 23.2 Å². The summed E-state index contributed by atoms with van der Waals surface area (Å²) in [4.78, 5) is 0.523. The van der Waals surface area contributed by atoms with Gasteiger partial charge in [0.1, 0.15) is 5.75 Å². The van der Waals surface area contributed by atoms with Gasteiger partial charge < -0.3 is 4.74 Å². The molecule has 5 aliphatic rings. The van der Waals surface area contributed by atoms with Crippen LogP contribution >= 0.6 is 0 Å². The highest BCUT2D eigenvalue weighted by molar-refractivity contribution is 7.89. The van der Waals surface area contributed by atoms with Crippen molar-refractivity contribution in [1.82, 2.24) is 4.31 Å². The van der Waals surface area contributed by atoms with Crippen LogP contribution in [-0.2, 0) is 22.9 Å². The number of benzene rings is 1. The highest BCUT2D eigenvalue weighted by Gasteiger charge is 2.51. The maximum atomic E-state index is 13.6. The Labute approximate surface area is 169 Å². The first kappa shape index (κ1) is 18.9. The average Bonchev–Trinajstić information content (AvgIpc) is 2.65. The molecule has 1 aromatic rings. The van der Waals surface area contributed by atoms with Gasteiger partial charge in [0.25, 0.3) is 0 Å². The fourth-order valence-corrected chi connectivity index (χ4v) is 9.00. The van der Waals surface area contributed by atoms with Crippen molar-refractivity contribution >= 4 is 10.0 Å². The molecule has 0 aliphatic heterocycles. The van der Waals surface area contributed by atoms with Gasteiger partial charge in [-0.25, -0.2) is 12.7 Å². The van der Waals surface area contributed by atoms with Gasteiger partial charge in [-0.15, -0.1) is 0 Å². The van der Waals surface area contributed by atoms with Crippen LogP contribution in [0.4, 0.5) is 0 Å². The van der Waals surface area contributed by atoms with Crippen LogP contribution < -0.4 is 4.74 Å². The van der Waals surface area contributed by atoms with Crippen LogP contribution in [0.15, 0.2) is 17.0 Å². The Morgan fingerprint density at radius 3 is 2.14 bits per heavy atom. The fourth-order valence-electron chi connectivity index (χ4n) is 7.44. The molecule has 0 unspecified atom stereocenters. The summed E-state index contributed by atoms with van der Waals surface area (Å²) in [5, 5.41) is 0. The van der Waals surface area contributed by atoms with Gasteiger partial charge in [-0.05, 0) is 111 Å². The fraction of sp³-hybridized carbons (Fsp3) is 0.739. The Hall–Kier alpha value is -1.07. The maximum Gasteiger partial charge on any atom is 0.243 e. The molecule has 0 radical (unpaired) electrons. The van der Waals surface area contributed by atoms with Crippen LogP contribution in [0.2, 0.25) is 0 Å². The largest absolute Gasteiger partial charge is 0.496 e. The Morgan fingerprint density at radius 2 is 1.57 bits per heavy atom. The number of rotatable bonds is 5. The summed E-state index contributed by atoms with van der Waals surface area (Å²) in [6.07, 6.45) is 11.8. The molecule has 4 fully saturated rings. The van der Waals surface area contributed by atoms with Gasteiger partial charge >= 0.3 is 0 Å². The van der Waals surface area contributed by atoms with Crippen LogP contribution in [0.1, 0.15) is 62.5 Å². The highest BCUT2D eigenvalue weighted by atomic mass is 32.2. The molecule has 0 aromatic heterocycles. The van der Waals surface area contributed by atoms with Gasteiger partial charge in [0, 0.05) is 13.6 Å². The molecule has 5 heteroatoms. The molecule has 154 valence electrons. The van der Waals surface area contributed by atoms with E-state index in [9.17, 15) is 8.42 Å². The predicted octanol–water partition coefficient (Wildman–Crippen LogP) is 4.41. The topological polar surface area (TPSA) is 46.6 Å². The normalized spacial score (nSPS) is 33.9. The van der Waals surface area contributed by atoms with Gasteiger partial charge in [0.2, 0.25) is 10.0 Å². The smallest absolute Gasteiger partial charge is 0.243 e. The summed E-state index contributed by atoms with van der Waals surface area (Å²) in [5.74, 6) is 3.38. The van der Waals surface area contributed by atoms with Crippen molar-refractivity contribution in [2.75, 3.05) is 20.7 Å². The van der Waals surface area contributed by atoms with E-state index >= 15 is 0 Å². The van der Waals surface area contributed by atoms with Crippen molar-refractivity contribution in [3.05, 3.63) is 23.3 Å². The summed E-state index contributed by atoms with van der Waals surface area (Å²) >= 11 is 0.